The van der Waals surface area contributed by atoms with Crippen LogP contribution in [-0.2, 0) is 14.3 Å². The largest absolute Gasteiger partial charge is 0.394 e. The summed E-state index contributed by atoms with van der Waals surface area (Å²) in [6.45, 7) is 3.53. The third kappa shape index (κ3) is 26.7. The van der Waals surface area contributed by atoms with Gasteiger partial charge in [-0.3, -0.25) is 4.79 Å². The molecule has 9 heteroatoms. The molecule has 0 aliphatic carbocycles. The van der Waals surface area contributed by atoms with Crippen LogP contribution in [0.15, 0.2) is 109 Å². The number of hydrogen-bond donors (Lipinski definition) is 6. The van der Waals surface area contributed by atoms with Crippen LogP contribution in [0.1, 0.15) is 123 Å². The fourth-order valence-corrected chi connectivity index (χ4v) is 5.69. The lowest BCUT2D eigenvalue weighted by Crippen LogP contribution is -2.60. The maximum Gasteiger partial charge on any atom is 0.220 e. The molecule has 7 atom stereocenters. The Morgan fingerprint density at radius 3 is 1.68 bits per heavy atom. The van der Waals surface area contributed by atoms with Gasteiger partial charge in [0.2, 0.25) is 5.91 Å². The molecule has 1 heterocycles. The number of hydrogen-bond acceptors (Lipinski definition) is 8. The van der Waals surface area contributed by atoms with E-state index in [0.717, 1.165) is 70.6 Å². The molecule has 1 rings (SSSR count). The van der Waals surface area contributed by atoms with Crippen molar-refractivity contribution >= 4 is 5.91 Å². The fourth-order valence-electron chi connectivity index (χ4n) is 5.69. The van der Waals surface area contributed by atoms with E-state index < -0.39 is 49.5 Å². The second kappa shape index (κ2) is 36.2. The van der Waals surface area contributed by atoms with Crippen molar-refractivity contribution in [3.05, 3.63) is 109 Å². The van der Waals surface area contributed by atoms with Gasteiger partial charge in [0.05, 0.1) is 25.4 Å². The number of allylic oxidation sites excluding steroid dienone is 17. The molecule has 1 amide bonds. The van der Waals surface area contributed by atoms with E-state index in [9.17, 15) is 30.3 Å². The number of ether oxygens (including phenoxy) is 2. The van der Waals surface area contributed by atoms with Gasteiger partial charge in [-0.05, 0) is 83.5 Å². The fraction of sp³-hybridized carbons (Fsp3) is 0.596. The van der Waals surface area contributed by atoms with Crippen LogP contribution in [0.2, 0.25) is 0 Å². The molecular weight excluding hydrogens is 707 g/mol. The van der Waals surface area contributed by atoms with Crippen LogP contribution in [0.5, 0.6) is 0 Å². The second-order valence-corrected chi connectivity index (χ2v) is 14.0. The minimum atomic E-state index is -1.59. The van der Waals surface area contributed by atoms with Crippen LogP contribution in [0.25, 0.3) is 0 Å². The predicted octanol–water partition coefficient (Wildman–Crippen LogP) is 8.33. The van der Waals surface area contributed by atoms with E-state index in [-0.39, 0.29) is 18.9 Å². The van der Waals surface area contributed by atoms with Crippen molar-refractivity contribution in [2.75, 3.05) is 13.2 Å². The van der Waals surface area contributed by atoms with Crippen LogP contribution in [0, 0.1) is 0 Å². The number of nitrogens with one attached hydrogen (secondary N) is 1. The Balaban J connectivity index is 2.43. The molecule has 0 aromatic rings. The summed E-state index contributed by atoms with van der Waals surface area (Å²) in [7, 11) is 0. The first-order valence-electron chi connectivity index (χ1n) is 21.1. The standard InChI is InChI=1S/C47H75NO8/c1-3-5-7-9-11-13-15-16-17-18-19-20-21-22-23-24-25-26-27-29-31-33-35-37-43(51)48-40(39-55-47-46(54)45(53)44(52)42(38-49)56-47)41(50)36-34-32-30-28-14-12-10-8-6-4-2/h5,7,11,13-14,16-17,19-20,22-23,25-26,28-29,31,34,36,40-42,44-47,49-50,52-54H,3-4,6,8-10,12,15,18,21,24,27,30,32-33,35,37-39H2,1-2H3,(H,48,51)/b7-5-,13-11-,17-16-,20-19-,23-22-,26-25-,28-14+,31-29-,36-34+. The van der Waals surface area contributed by atoms with Crippen LogP contribution in [-0.4, -0.2) is 87.5 Å². The lowest BCUT2D eigenvalue weighted by Gasteiger charge is -2.40. The minimum absolute atomic E-state index is 0.233. The number of unbranched alkanes of at least 4 members (excludes halogenated alkanes) is 6. The summed E-state index contributed by atoms with van der Waals surface area (Å²) in [5.74, 6) is -0.254. The van der Waals surface area contributed by atoms with Gasteiger partial charge in [0.25, 0.3) is 0 Å². The monoisotopic (exact) mass is 782 g/mol. The van der Waals surface area contributed by atoms with E-state index in [1.54, 1.807) is 6.08 Å². The zero-order valence-corrected chi connectivity index (χ0v) is 34.3. The summed E-state index contributed by atoms with van der Waals surface area (Å²) in [6, 6.07) is -0.858. The highest BCUT2D eigenvalue weighted by Crippen LogP contribution is 2.22. The summed E-state index contributed by atoms with van der Waals surface area (Å²) in [6.07, 6.45) is 45.7. The molecule has 7 unspecified atom stereocenters. The maximum atomic E-state index is 12.9. The number of carbonyl (C=O) groups is 1. The Bertz CT molecular complexity index is 1230. The van der Waals surface area contributed by atoms with Crippen molar-refractivity contribution in [1.82, 2.24) is 5.32 Å². The number of carbonyl (C=O) groups excluding carboxylic acids is 1. The Hall–Kier alpha value is -3.15. The first-order valence-corrected chi connectivity index (χ1v) is 21.1. The van der Waals surface area contributed by atoms with Crippen LogP contribution in [0.3, 0.4) is 0 Å². The van der Waals surface area contributed by atoms with Gasteiger partial charge < -0.3 is 40.3 Å². The molecule has 6 N–H and O–H groups in total. The summed E-state index contributed by atoms with van der Waals surface area (Å²) in [5, 5.41) is 53.9. The molecule has 0 bridgehead atoms. The van der Waals surface area contributed by atoms with Crippen LogP contribution < -0.4 is 5.32 Å². The predicted molar refractivity (Wildman–Crippen MR) is 230 cm³/mol. The van der Waals surface area contributed by atoms with Crippen molar-refractivity contribution in [1.29, 1.82) is 0 Å². The highest BCUT2D eigenvalue weighted by atomic mass is 16.7. The molecule has 0 aromatic carbocycles. The molecule has 1 fully saturated rings. The van der Waals surface area contributed by atoms with Gasteiger partial charge in [-0.15, -0.1) is 0 Å². The third-order valence-corrected chi connectivity index (χ3v) is 9.08. The van der Waals surface area contributed by atoms with Crippen molar-refractivity contribution in [3.8, 4) is 0 Å². The first-order chi connectivity index (χ1) is 27.3. The Morgan fingerprint density at radius 1 is 0.625 bits per heavy atom. The molecule has 316 valence electrons. The molecule has 56 heavy (non-hydrogen) atoms. The molecule has 1 aliphatic rings. The molecule has 0 spiro atoms. The normalized spacial score (nSPS) is 22.3. The molecule has 0 radical (unpaired) electrons. The van der Waals surface area contributed by atoms with Crippen molar-refractivity contribution in [2.24, 2.45) is 0 Å². The summed E-state index contributed by atoms with van der Waals surface area (Å²) in [5.41, 5.74) is 0. The van der Waals surface area contributed by atoms with E-state index in [0.29, 0.717) is 6.42 Å². The minimum Gasteiger partial charge on any atom is -0.394 e. The third-order valence-electron chi connectivity index (χ3n) is 9.08. The SMILES string of the molecule is CC/C=C\C/C=C\C/C=C\C/C=C\C/C=C\C/C=C\C/C=C\CCCC(=O)NC(COC1OC(CO)C(O)C(O)C1O)C(O)/C=C/CC/C=C/CCCCCC. The quantitative estimate of drug-likeness (QED) is 0.0295. The lowest BCUT2D eigenvalue weighted by molar-refractivity contribution is -0.302. The number of aliphatic hydroxyl groups is 5. The van der Waals surface area contributed by atoms with E-state index >= 15 is 0 Å². The highest BCUT2D eigenvalue weighted by Gasteiger charge is 2.44. The molecule has 9 nitrogen and oxygen atoms in total. The van der Waals surface area contributed by atoms with E-state index in [1.165, 1.54) is 25.7 Å². The summed E-state index contributed by atoms with van der Waals surface area (Å²) >= 11 is 0. The van der Waals surface area contributed by atoms with E-state index in [2.05, 4.69) is 116 Å². The van der Waals surface area contributed by atoms with Gasteiger partial charge in [-0.2, -0.15) is 0 Å². The lowest BCUT2D eigenvalue weighted by atomic mass is 9.99. The Morgan fingerprint density at radius 2 is 1.12 bits per heavy atom. The van der Waals surface area contributed by atoms with Gasteiger partial charge in [-0.1, -0.05) is 142 Å². The van der Waals surface area contributed by atoms with Crippen LogP contribution >= 0.6 is 0 Å². The molecule has 1 aliphatic heterocycles. The van der Waals surface area contributed by atoms with Gasteiger partial charge in [0, 0.05) is 6.42 Å². The topological polar surface area (TPSA) is 149 Å². The van der Waals surface area contributed by atoms with E-state index in [4.69, 9.17) is 9.47 Å². The smallest absolute Gasteiger partial charge is 0.220 e. The van der Waals surface area contributed by atoms with Crippen molar-refractivity contribution < 1.29 is 39.8 Å². The average molecular weight is 782 g/mol. The number of rotatable bonds is 32. The number of amides is 1. The zero-order chi connectivity index (χ0) is 40.9. The van der Waals surface area contributed by atoms with Gasteiger partial charge in [0.15, 0.2) is 6.29 Å². The van der Waals surface area contributed by atoms with Gasteiger partial charge in [0.1, 0.15) is 24.4 Å². The van der Waals surface area contributed by atoms with Crippen molar-refractivity contribution in [2.45, 2.75) is 166 Å². The molecule has 0 saturated carbocycles. The van der Waals surface area contributed by atoms with Crippen molar-refractivity contribution in [3.63, 3.8) is 0 Å². The molecule has 0 aromatic heterocycles. The zero-order valence-electron chi connectivity index (χ0n) is 34.3. The average Bonchev–Trinajstić information content (AvgIpc) is 3.20. The highest BCUT2D eigenvalue weighted by molar-refractivity contribution is 5.76. The van der Waals surface area contributed by atoms with Gasteiger partial charge in [-0.25, -0.2) is 0 Å². The number of aliphatic hydroxyl groups excluding tert-OH is 5. The molecular formula is C47H75NO8. The van der Waals surface area contributed by atoms with E-state index in [1.807, 2.05) is 6.08 Å². The summed E-state index contributed by atoms with van der Waals surface area (Å²) < 4.78 is 11.1. The Labute approximate surface area is 338 Å². The maximum absolute atomic E-state index is 12.9. The molecule has 1 saturated heterocycles. The Kier molecular flexibility index (Phi) is 32.9. The second-order valence-electron chi connectivity index (χ2n) is 14.0. The van der Waals surface area contributed by atoms with Crippen LogP contribution in [0.4, 0.5) is 0 Å². The first kappa shape index (κ1) is 50.9. The summed E-state index contributed by atoms with van der Waals surface area (Å²) in [4.78, 5) is 12.9. The van der Waals surface area contributed by atoms with Gasteiger partial charge >= 0.3 is 0 Å².